The fraction of sp³-hybridized carbons (Fsp3) is 0.154. The lowest BCUT2D eigenvalue weighted by Crippen LogP contribution is -2.12. The monoisotopic (exact) mass is 419 g/mol. The fourth-order valence-corrected chi connectivity index (χ4v) is 5.17. The highest BCUT2D eigenvalue weighted by atomic mass is 32.2. The second-order valence-corrected chi connectivity index (χ2v) is 9.40. The Balaban J connectivity index is 1.16. The Morgan fingerprint density at radius 2 is 1.84 bits per heavy atom. The Bertz CT molecular complexity index is 1260. The van der Waals surface area contributed by atoms with Crippen molar-refractivity contribution in [2.24, 2.45) is 4.99 Å². The minimum absolute atomic E-state index is 0.0501. The molecule has 1 saturated carbocycles. The minimum Gasteiger partial charge on any atom is -0.321 e. The summed E-state index contributed by atoms with van der Waals surface area (Å²) in [5.41, 5.74) is 7.57. The zero-order valence-corrected chi connectivity index (χ0v) is 17.8. The third kappa shape index (κ3) is 3.74. The zero-order chi connectivity index (χ0) is 20.8. The van der Waals surface area contributed by atoms with Crippen LogP contribution in [0.2, 0.25) is 0 Å². The van der Waals surface area contributed by atoms with E-state index >= 15 is 0 Å². The van der Waals surface area contributed by atoms with Crippen LogP contribution in [-0.2, 0) is 6.42 Å². The highest BCUT2D eigenvalue weighted by Gasteiger charge is 2.24. The summed E-state index contributed by atoms with van der Waals surface area (Å²) in [4.78, 5) is 19.3. The molecule has 2 heterocycles. The van der Waals surface area contributed by atoms with Crippen molar-refractivity contribution in [3.63, 3.8) is 0 Å². The van der Waals surface area contributed by atoms with Crippen molar-refractivity contribution in [3.05, 3.63) is 101 Å². The molecular formula is C26H20BN2OS. The number of hydrogen-bond acceptors (Lipinski definition) is 3. The number of benzene rings is 3. The molecular weight excluding hydrogens is 399 g/mol. The van der Waals surface area contributed by atoms with E-state index in [1.807, 2.05) is 30.5 Å². The number of carbonyl (C=O) groups excluding carboxylic acids is 1. The van der Waals surface area contributed by atoms with Crippen LogP contribution >= 0.6 is 11.8 Å². The third-order valence-electron chi connectivity index (χ3n) is 6.00. The molecule has 3 aromatic carbocycles. The molecule has 0 atom stereocenters. The van der Waals surface area contributed by atoms with E-state index in [1.165, 1.54) is 29.4 Å². The van der Waals surface area contributed by atoms with Gasteiger partial charge in [0.25, 0.3) is 5.91 Å². The van der Waals surface area contributed by atoms with Gasteiger partial charge in [-0.1, -0.05) is 59.7 Å². The lowest BCUT2D eigenvalue weighted by atomic mass is 9.63. The van der Waals surface area contributed by atoms with E-state index in [0.29, 0.717) is 0 Å². The number of nitrogens with zero attached hydrogens (tertiary/aromatic N) is 1. The molecule has 1 N–H and O–H groups in total. The summed E-state index contributed by atoms with van der Waals surface area (Å²) in [6.07, 6.45) is 5.39. The van der Waals surface area contributed by atoms with Gasteiger partial charge in [-0.25, -0.2) is 0 Å². The van der Waals surface area contributed by atoms with E-state index in [0.717, 1.165) is 44.6 Å². The van der Waals surface area contributed by atoms with Crippen LogP contribution < -0.4 is 5.32 Å². The van der Waals surface area contributed by atoms with Crippen molar-refractivity contribution < 1.29 is 4.79 Å². The molecule has 0 bridgehead atoms. The standard InChI is InChI=1S/C26H20BN2OS/c30-26-21-3-1-2-4-23(21)31-24-12-5-16(14-22(24)29-26)13-20-15-28-25(27-20)19-10-8-18(9-11-19)17-6-7-17/h1-5,8-12,14-15,17H,6-7,13H2,(H,29,30). The predicted octanol–water partition coefficient (Wildman–Crippen LogP) is 5.83. The summed E-state index contributed by atoms with van der Waals surface area (Å²) >= 11 is 1.64. The topological polar surface area (TPSA) is 41.5 Å². The second-order valence-electron chi connectivity index (χ2n) is 8.32. The summed E-state index contributed by atoms with van der Waals surface area (Å²) in [5, 5.41) is 3.08. The normalized spacial score (nSPS) is 17.0. The van der Waals surface area contributed by atoms with Gasteiger partial charge in [0.05, 0.1) is 11.3 Å². The number of rotatable bonds is 4. The average molecular weight is 419 g/mol. The number of amides is 1. The van der Waals surface area contributed by atoms with Gasteiger partial charge in [-0.2, -0.15) is 0 Å². The van der Waals surface area contributed by atoms with E-state index in [9.17, 15) is 4.79 Å². The smallest absolute Gasteiger partial charge is 0.256 e. The minimum atomic E-state index is -0.0501. The van der Waals surface area contributed by atoms with Gasteiger partial charge in [0, 0.05) is 21.6 Å². The van der Waals surface area contributed by atoms with Crippen LogP contribution in [0.15, 0.2) is 93.2 Å². The maximum atomic E-state index is 12.6. The Labute approximate surface area is 186 Å². The van der Waals surface area contributed by atoms with Crippen LogP contribution in [0.4, 0.5) is 5.69 Å². The number of aliphatic imine (C=N–C) groups is 1. The molecule has 1 radical (unpaired) electrons. The average Bonchev–Trinajstić information content (AvgIpc) is 3.56. The van der Waals surface area contributed by atoms with Crippen LogP contribution in [0, 0.1) is 0 Å². The summed E-state index contributed by atoms with van der Waals surface area (Å²) in [5.74, 6) is 0.725. The van der Waals surface area contributed by atoms with Gasteiger partial charge in [-0.05, 0) is 66.1 Å². The summed E-state index contributed by atoms with van der Waals surface area (Å²) in [6, 6.07) is 22.9. The number of nitrogens with one attached hydrogen (secondary N) is 1. The first-order chi connectivity index (χ1) is 15.2. The van der Waals surface area contributed by atoms with Crippen LogP contribution in [0.1, 0.15) is 45.8 Å². The first-order valence-electron chi connectivity index (χ1n) is 10.7. The molecule has 6 rings (SSSR count). The van der Waals surface area contributed by atoms with Crippen molar-refractivity contribution in [1.82, 2.24) is 0 Å². The van der Waals surface area contributed by atoms with Gasteiger partial charge in [0.1, 0.15) is 0 Å². The molecule has 3 aliphatic rings. The number of hydrogen-bond donors (Lipinski definition) is 1. The van der Waals surface area contributed by atoms with Crippen LogP contribution in [0.25, 0.3) is 0 Å². The molecule has 3 aromatic rings. The Hall–Kier alpha value is -3.05. The molecule has 31 heavy (non-hydrogen) atoms. The molecule has 0 aromatic heterocycles. The second kappa shape index (κ2) is 7.58. The van der Waals surface area contributed by atoms with Gasteiger partial charge < -0.3 is 5.32 Å². The summed E-state index contributed by atoms with van der Waals surface area (Å²) < 4.78 is 0. The Morgan fingerprint density at radius 3 is 2.68 bits per heavy atom. The van der Waals surface area contributed by atoms with Crippen molar-refractivity contribution in [2.45, 2.75) is 35.0 Å². The zero-order valence-electron chi connectivity index (χ0n) is 17.0. The summed E-state index contributed by atoms with van der Waals surface area (Å²) in [7, 11) is 2.17. The van der Waals surface area contributed by atoms with Crippen molar-refractivity contribution >= 4 is 36.2 Å². The summed E-state index contributed by atoms with van der Waals surface area (Å²) in [6.45, 7) is 0. The molecule has 5 heteroatoms. The molecule has 2 aliphatic heterocycles. The van der Waals surface area contributed by atoms with Crippen LogP contribution in [-0.4, -0.2) is 18.8 Å². The highest BCUT2D eigenvalue weighted by molar-refractivity contribution is 7.99. The van der Waals surface area contributed by atoms with Gasteiger partial charge in [0.2, 0.25) is 7.28 Å². The maximum Gasteiger partial charge on any atom is 0.256 e. The SMILES string of the molecule is O=C1Nc2cc(CC3=CN=C(c4ccc(C5CC5)cc4)[B]3)ccc2Sc2ccccc21. The van der Waals surface area contributed by atoms with Crippen molar-refractivity contribution in [3.8, 4) is 0 Å². The Kier molecular flexibility index (Phi) is 4.57. The van der Waals surface area contributed by atoms with E-state index in [2.05, 4.69) is 60.1 Å². The van der Waals surface area contributed by atoms with Crippen LogP contribution in [0.3, 0.4) is 0 Å². The van der Waals surface area contributed by atoms with Gasteiger partial charge in [0.15, 0.2) is 0 Å². The van der Waals surface area contributed by atoms with Crippen LogP contribution in [0.5, 0.6) is 0 Å². The fourth-order valence-electron chi connectivity index (χ4n) is 4.16. The van der Waals surface area contributed by atoms with Crippen molar-refractivity contribution in [2.75, 3.05) is 5.32 Å². The molecule has 3 nitrogen and oxygen atoms in total. The number of allylic oxidation sites excluding steroid dienone is 1. The first kappa shape index (κ1) is 18.7. The van der Waals surface area contributed by atoms with Gasteiger partial charge in [-0.15, -0.1) is 0 Å². The molecule has 1 amide bonds. The molecule has 0 spiro atoms. The molecule has 1 fully saturated rings. The van der Waals surface area contributed by atoms with E-state index < -0.39 is 0 Å². The first-order valence-corrected chi connectivity index (χ1v) is 11.5. The third-order valence-corrected chi connectivity index (χ3v) is 7.15. The molecule has 0 saturated heterocycles. The Morgan fingerprint density at radius 1 is 1.00 bits per heavy atom. The number of anilines is 1. The predicted molar refractivity (Wildman–Crippen MR) is 127 cm³/mol. The molecule has 149 valence electrons. The molecule has 1 aliphatic carbocycles. The van der Waals surface area contributed by atoms with E-state index in [4.69, 9.17) is 0 Å². The van der Waals surface area contributed by atoms with Crippen molar-refractivity contribution in [1.29, 1.82) is 0 Å². The van der Waals surface area contributed by atoms with Gasteiger partial charge in [-0.3, -0.25) is 9.79 Å². The lowest BCUT2D eigenvalue weighted by molar-refractivity contribution is 0.102. The molecule has 0 unspecified atom stereocenters. The largest absolute Gasteiger partial charge is 0.321 e. The number of fused-ring (bicyclic) bond motifs is 2. The number of carbonyl (C=O) groups is 1. The maximum absolute atomic E-state index is 12.6. The van der Waals surface area contributed by atoms with Gasteiger partial charge >= 0.3 is 0 Å². The van der Waals surface area contributed by atoms with E-state index in [-0.39, 0.29) is 5.91 Å². The quantitative estimate of drug-likeness (QED) is 0.541. The lowest BCUT2D eigenvalue weighted by Gasteiger charge is -2.10. The van der Waals surface area contributed by atoms with E-state index in [1.54, 1.807) is 11.8 Å². The highest BCUT2D eigenvalue weighted by Crippen LogP contribution is 2.40.